The van der Waals surface area contributed by atoms with E-state index in [0.29, 0.717) is 11.8 Å². The molecule has 0 aliphatic rings. The van der Waals surface area contributed by atoms with Crippen molar-refractivity contribution in [3.63, 3.8) is 0 Å². The van der Waals surface area contributed by atoms with Gasteiger partial charge < -0.3 is 4.90 Å². The van der Waals surface area contributed by atoms with Gasteiger partial charge in [0, 0.05) is 26.0 Å². The van der Waals surface area contributed by atoms with Crippen molar-refractivity contribution in [3.05, 3.63) is 22.5 Å². The summed E-state index contributed by atoms with van der Waals surface area (Å²) in [6, 6.07) is 2.07. The highest BCUT2D eigenvalue weighted by Gasteiger charge is 2.22. The first-order valence-electron chi connectivity index (χ1n) is 6.64. The quantitative estimate of drug-likeness (QED) is 0.792. The molecular formula is C14H18N6OS. The summed E-state index contributed by atoms with van der Waals surface area (Å²) in [6.45, 7) is 5.78. The summed E-state index contributed by atoms with van der Waals surface area (Å²) in [5, 5.41) is 14.2. The Hall–Kier alpha value is -2.27. The van der Waals surface area contributed by atoms with E-state index in [-0.39, 0.29) is 10.6 Å². The van der Waals surface area contributed by atoms with Gasteiger partial charge in [-0.25, -0.2) is 9.67 Å². The molecule has 2 rings (SSSR count). The van der Waals surface area contributed by atoms with Crippen molar-refractivity contribution < 1.29 is 4.21 Å². The maximum absolute atomic E-state index is 12.0. The van der Waals surface area contributed by atoms with Crippen LogP contribution in [0.2, 0.25) is 0 Å². The van der Waals surface area contributed by atoms with Crippen LogP contribution in [-0.4, -0.2) is 44.3 Å². The standard InChI is InChI=1S/C14H18N6OS/c1-8-9(2)18-20(10(8)3)12-11(7-15)13(22(6)21)17-14(16-12)19(4)5/h1-6H3. The maximum Gasteiger partial charge on any atom is 0.228 e. The molecule has 8 heteroatoms. The zero-order valence-corrected chi connectivity index (χ0v) is 14.3. The van der Waals surface area contributed by atoms with Gasteiger partial charge in [-0.1, -0.05) is 0 Å². The predicted molar refractivity (Wildman–Crippen MR) is 84.7 cm³/mol. The second-order valence-electron chi connectivity index (χ2n) is 5.20. The Morgan fingerprint density at radius 1 is 1.23 bits per heavy atom. The Morgan fingerprint density at radius 2 is 1.86 bits per heavy atom. The van der Waals surface area contributed by atoms with Crippen LogP contribution < -0.4 is 4.90 Å². The summed E-state index contributed by atoms with van der Waals surface area (Å²) >= 11 is 0. The van der Waals surface area contributed by atoms with E-state index in [0.717, 1.165) is 17.0 Å². The second kappa shape index (κ2) is 5.85. The number of aryl methyl sites for hydroxylation is 1. The lowest BCUT2D eigenvalue weighted by Gasteiger charge is -2.15. The molecule has 0 amide bonds. The van der Waals surface area contributed by atoms with Crippen LogP contribution in [-0.2, 0) is 10.8 Å². The molecule has 1 unspecified atom stereocenters. The summed E-state index contributed by atoms with van der Waals surface area (Å²) in [5.41, 5.74) is 2.99. The Labute approximate surface area is 132 Å². The molecule has 116 valence electrons. The number of anilines is 1. The third kappa shape index (κ3) is 2.60. The number of hydrogen-bond acceptors (Lipinski definition) is 6. The lowest BCUT2D eigenvalue weighted by molar-refractivity contribution is 0.682. The smallest absolute Gasteiger partial charge is 0.228 e. The second-order valence-corrected chi connectivity index (χ2v) is 6.49. The van der Waals surface area contributed by atoms with Gasteiger partial charge in [-0.3, -0.25) is 4.21 Å². The summed E-state index contributed by atoms with van der Waals surface area (Å²) in [6.07, 6.45) is 1.50. The SMILES string of the molecule is Cc1nn(-c2nc(N(C)C)nc(S(C)=O)c2C#N)c(C)c1C. The van der Waals surface area contributed by atoms with Crippen LogP contribution in [0.3, 0.4) is 0 Å². The highest BCUT2D eigenvalue weighted by atomic mass is 32.2. The molecule has 0 fully saturated rings. The van der Waals surface area contributed by atoms with Crippen LogP contribution in [0.15, 0.2) is 5.03 Å². The van der Waals surface area contributed by atoms with Crippen molar-refractivity contribution >= 4 is 16.7 Å². The van der Waals surface area contributed by atoms with Crippen molar-refractivity contribution in [1.82, 2.24) is 19.7 Å². The predicted octanol–water partition coefficient (Wildman–Crippen LogP) is 1.26. The molecule has 2 heterocycles. The normalized spacial score (nSPS) is 12.0. The van der Waals surface area contributed by atoms with E-state index in [1.165, 1.54) is 6.26 Å². The molecule has 0 aromatic carbocycles. The molecule has 0 saturated heterocycles. The third-order valence-corrected chi connectivity index (χ3v) is 4.32. The highest BCUT2D eigenvalue weighted by molar-refractivity contribution is 7.84. The molecule has 1 atom stereocenters. The summed E-state index contributed by atoms with van der Waals surface area (Å²) in [4.78, 5) is 10.4. The first kappa shape index (κ1) is 16.1. The minimum absolute atomic E-state index is 0.192. The molecule has 2 aromatic rings. The Kier molecular flexibility index (Phi) is 4.28. The van der Waals surface area contributed by atoms with Gasteiger partial charge in [0.2, 0.25) is 5.95 Å². The van der Waals surface area contributed by atoms with E-state index in [4.69, 9.17) is 0 Å². The minimum atomic E-state index is -1.40. The number of nitrogens with zero attached hydrogens (tertiary/aromatic N) is 6. The van der Waals surface area contributed by atoms with Crippen LogP contribution in [0.5, 0.6) is 0 Å². The van der Waals surface area contributed by atoms with Crippen LogP contribution in [0.1, 0.15) is 22.5 Å². The van der Waals surface area contributed by atoms with Gasteiger partial charge in [-0.2, -0.15) is 15.3 Å². The molecule has 0 saturated carbocycles. The number of nitriles is 1. The van der Waals surface area contributed by atoms with Crippen LogP contribution in [0.25, 0.3) is 5.82 Å². The van der Waals surface area contributed by atoms with E-state index in [1.807, 2.05) is 20.8 Å². The van der Waals surface area contributed by atoms with Crippen molar-refractivity contribution in [2.75, 3.05) is 25.3 Å². The van der Waals surface area contributed by atoms with Gasteiger partial charge in [0.05, 0.1) is 16.5 Å². The Bertz CT molecular complexity index is 803. The molecular weight excluding hydrogens is 300 g/mol. The summed E-state index contributed by atoms with van der Waals surface area (Å²) in [5.74, 6) is 0.754. The molecule has 7 nitrogen and oxygen atoms in total. The van der Waals surface area contributed by atoms with Crippen molar-refractivity contribution in [2.45, 2.75) is 25.8 Å². The first-order chi connectivity index (χ1) is 10.3. The van der Waals surface area contributed by atoms with E-state index in [1.54, 1.807) is 23.7 Å². The van der Waals surface area contributed by atoms with Crippen molar-refractivity contribution in [1.29, 1.82) is 5.26 Å². The fourth-order valence-corrected chi connectivity index (χ4v) is 2.64. The molecule has 0 radical (unpaired) electrons. The fourth-order valence-electron chi connectivity index (χ4n) is 2.00. The van der Waals surface area contributed by atoms with Gasteiger partial charge in [-0.15, -0.1) is 0 Å². The minimum Gasteiger partial charge on any atom is -0.347 e. The highest BCUT2D eigenvalue weighted by Crippen LogP contribution is 2.23. The largest absolute Gasteiger partial charge is 0.347 e. The van der Waals surface area contributed by atoms with Gasteiger partial charge in [-0.05, 0) is 26.3 Å². The zero-order valence-electron chi connectivity index (χ0n) is 13.5. The molecule has 0 aliphatic heterocycles. The van der Waals surface area contributed by atoms with Gasteiger partial charge >= 0.3 is 0 Å². The number of hydrogen-bond donors (Lipinski definition) is 0. The van der Waals surface area contributed by atoms with Crippen LogP contribution in [0, 0.1) is 32.1 Å². The van der Waals surface area contributed by atoms with Crippen LogP contribution in [0.4, 0.5) is 5.95 Å². The molecule has 0 aliphatic carbocycles. The Morgan fingerprint density at radius 3 is 2.27 bits per heavy atom. The number of rotatable bonds is 3. The van der Waals surface area contributed by atoms with Crippen LogP contribution >= 0.6 is 0 Å². The van der Waals surface area contributed by atoms with E-state index in [9.17, 15) is 9.47 Å². The zero-order chi connectivity index (χ0) is 16.6. The van der Waals surface area contributed by atoms with E-state index < -0.39 is 10.8 Å². The van der Waals surface area contributed by atoms with Gasteiger partial charge in [0.15, 0.2) is 10.8 Å². The lowest BCUT2D eigenvalue weighted by atomic mass is 10.2. The van der Waals surface area contributed by atoms with Crippen molar-refractivity contribution in [3.8, 4) is 11.9 Å². The topological polar surface area (TPSA) is 87.7 Å². The average Bonchev–Trinajstić information content (AvgIpc) is 2.73. The lowest BCUT2D eigenvalue weighted by Crippen LogP contribution is -2.18. The maximum atomic E-state index is 12.0. The summed E-state index contributed by atoms with van der Waals surface area (Å²) in [7, 11) is 2.19. The third-order valence-electron chi connectivity index (χ3n) is 3.48. The van der Waals surface area contributed by atoms with Gasteiger partial charge in [0.1, 0.15) is 11.6 Å². The van der Waals surface area contributed by atoms with Crippen molar-refractivity contribution in [2.24, 2.45) is 0 Å². The fraction of sp³-hybridized carbons (Fsp3) is 0.429. The Balaban J connectivity index is 2.87. The van der Waals surface area contributed by atoms with Gasteiger partial charge in [0.25, 0.3) is 0 Å². The first-order valence-corrected chi connectivity index (χ1v) is 8.19. The average molecular weight is 318 g/mol. The molecule has 0 spiro atoms. The number of aromatic nitrogens is 4. The molecule has 0 bridgehead atoms. The van der Waals surface area contributed by atoms with E-state index >= 15 is 0 Å². The molecule has 0 N–H and O–H groups in total. The molecule has 2 aromatic heterocycles. The summed E-state index contributed by atoms with van der Waals surface area (Å²) < 4.78 is 13.6. The van der Waals surface area contributed by atoms with E-state index in [2.05, 4.69) is 21.1 Å². The monoisotopic (exact) mass is 318 g/mol. The molecule has 22 heavy (non-hydrogen) atoms.